The van der Waals surface area contributed by atoms with Crippen molar-refractivity contribution in [3.63, 3.8) is 0 Å². The number of ether oxygens (including phenoxy) is 1. The molecule has 0 bridgehead atoms. The Labute approximate surface area is 130 Å². The van der Waals surface area contributed by atoms with Crippen LogP contribution in [0.5, 0.6) is 0 Å². The molecule has 1 aromatic carbocycles. The van der Waals surface area contributed by atoms with E-state index in [0.29, 0.717) is 6.61 Å². The zero-order chi connectivity index (χ0) is 15.7. The molecule has 21 heavy (non-hydrogen) atoms. The molecular formula is C16H23FN2OS. The van der Waals surface area contributed by atoms with Crippen LogP contribution in [0.3, 0.4) is 0 Å². The molecule has 0 spiro atoms. The van der Waals surface area contributed by atoms with Gasteiger partial charge in [0, 0.05) is 36.2 Å². The summed E-state index contributed by atoms with van der Waals surface area (Å²) in [5, 5.41) is 2.92. The highest BCUT2D eigenvalue weighted by molar-refractivity contribution is 7.13. The predicted molar refractivity (Wildman–Crippen MR) is 87.5 cm³/mol. The van der Waals surface area contributed by atoms with Crippen molar-refractivity contribution < 1.29 is 9.13 Å². The van der Waals surface area contributed by atoms with Gasteiger partial charge < -0.3 is 10.5 Å². The first-order chi connectivity index (χ1) is 10.3. The summed E-state index contributed by atoms with van der Waals surface area (Å²) in [5.41, 5.74) is 7.85. The third kappa shape index (κ3) is 4.88. The Morgan fingerprint density at radius 2 is 1.95 bits per heavy atom. The zero-order valence-electron chi connectivity index (χ0n) is 12.8. The average Bonchev–Trinajstić information content (AvgIpc) is 3.08. The minimum absolute atomic E-state index is 0.125. The topological polar surface area (TPSA) is 48.1 Å². The van der Waals surface area contributed by atoms with Crippen LogP contribution < -0.4 is 5.73 Å². The molecule has 0 saturated heterocycles. The molecule has 2 unspecified atom stereocenters. The van der Waals surface area contributed by atoms with Gasteiger partial charge in [-0.3, -0.25) is 0 Å². The van der Waals surface area contributed by atoms with Crippen molar-refractivity contribution in [1.82, 2.24) is 4.98 Å². The molecule has 116 valence electrons. The van der Waals surface area contributed by atoms with Gasteiger partial charge in [0.25, 0.3) is 0 Å². The number of alkyl halides is 1. The summed E-state index contributed by atoms with van der Waals surface area (Å²) in [4.78, 5) is 4.26. The molecule has 5 heteroatoms. The Morgan fingerprint density at radius 3 is 2.43 bits per heavy atom. The smallest absolute Gasteiger partial charge is 0.123 e. The summed E-state index contributed by atoms with van der Waals surface area (Å²) in [7, 11) is 1.60. The van der Waals surface area contributed by atoms with Crippen LogP contribution >= 0.6 is 11.3 Å². The molecule has 0 saturated carbocycles. The second-order valence-electron chi connectivity index (χ2n) is 4.34. The van der Waals surface area contributed by atoms with Crippen molar-refractivity contribution in [2.75, 3.05) is 20.4 Å². The van der Waals surface area contributed by atoms with Crippen LogP contribution in [-0.4, -0.2) is 31.4 Å². The summed E-state index contributed by atoms with van der Waals surface area (Å²) >= 11 is 1.59. The second-order valence-corrected chi connectivity index (χ2v) is 5.23. The fraction of sp³-hybridized carbons (Fsp3) is 0.438. The van der Waals surface area contributed by atoms with Gasteiger partial charge in [-0.25, -0.2) is 9.37 Å². The zero-order valence-corrected chi connectivity index (χ0v) is 13.6. The minimum Gasteiger partial charge on any atom is -0.384 e. The van der Waals surface area contributed by atoms with Crippen LogP contribution in [0.25, 0.3) is 10.6 Å². The summed E-state index contributed by atoms with van der Waals surface area (Å²) in [6, 6.07) is 7.38. The van der Waals surface area contributed by atoms with Gasteiger partial charge in [0.1, 0.15) is 11.7 Å². The van der Waals surface area contributed by atoms with Crippen LogP contribution in [-0.2, 0) is 4.74 Å². The van der Waals surface area contributed by atoms with Crippen LogP contribution in [0.1, 0.15) is 25.3 Å². The molecule has 0 aliphatic heterocycles. The molecule has 3 nitrogen and oxygen atoms in total. The van der Waals surface area contributed by atoms with Crippen LogP contribution in [0.4, 0.5) is 4.39 Å². The normalized spacial score (nSPS) is 13.2. The first-order valence-corrected chi connectivity index (χ1v) is 7.94. The van der Waals surface area contributed by atoms with Crippen LogP contribution in [0.15, 0.2) is 35.8 Å². The number of halogens is 1. The standard InChI is InChI=1S/C14H17FN2OS.C2H6/c1-18-9-12(13(16)8-15)10-2-4-11(5-3-10)14-17-6-7-19-14;1-2/h2-7,12-13H,8-9,16H2,1H3;1-2H3. The van der Waals surface area contributed by atoms with E-state index in [-0.39, 0.29) is 5.92 Å². The van der Waals surface area contributed by atoms with Crippen molar-refractivity contribution in [3.8, 4) is 10.6 Å². The Hall–Kier alpha value is -1.30. The molecule has 0 aliphatic rings. The summed E-state index contributed by atoms with van der Waals surface area (Å²) in [6.07, 6.45) is 1.78. The number of hydrogen-bond acceptors (Lipinski definition) is 4. The number of rotatable bonds is 6. The maximum absolute atomic E-state index is 12.8. The van der Waals surface area contributed by atoms with E-state index in [4.69, 9.17) is 10.5 Å². The Morgan fingerprint density at radius 1 is 1.29 bits per heavy atom. The fourth-order valence-corrected chi connectivity index (χ4v) is 2.64. The lowest BCUT2D eigenvalue weighted by Crippen LogP contribution is -2.33. The maximum atomic E-state index is 12.8. The van der Waals surface area contributed by atoms with E-state index in [9.17, 15) is 4.39 Å². The Bertz CT molecular complexity index is 487. The lowest BCUT2D eigenvalue weighted by molar-refractivity contribution is 0.163. The quantitative estimate of drug-likeness (QED) is 0.881. The molecule has 2 rings (SSSR count). The van der Waals surface area contributed by atoms with Gasteiger partial charge in [-0.2, -0.15) is 0 Å². The fourth-order valence-electron chi connectivity index (χ4n) is 1.99. The van der Waals surface area contributed by atoms with Crippen molar-refractivity contribution in [1.29, 1.82) is 0 Å². The third-order valence-corrected chi connectivity index (χ3v) is 3.88. The molecule has 1 heterocycles. The number of hydrogen-bond donors (Lipinski definition) is 1. The Kier molecular flexibility index (Phi) is 8.12. The summed E-state index contributed by atoms with van der Waals surface area (Å²) in [6.45, 7) is 3.87. The van der Waals surface area contributed by atoms with Gasteiger partial charge in [-0.1, -0.05) is 38.1 Å². The van der Waals surface area contributed by atoms with E-state index >= 15 is 0 Å². The lowest BCUT2D eigenvalue weighted by Gasteiger charge is -2.21. The first-order valence-electron chi connectivity index (χ1n) is 7.06. The number of aromatic nitrogens is 1. The van der Waals surface area contributed by atoms with Gasteiger partial charge in [0.2, 0.25) is 0 Å². The number of benzene rings is 1. The molecule has 0 amide bonds. The minimum atomic E-state index is -0.553. The first kappa shape index (κ1) is 17.8. The van der Waals surface area contributed by atoms with Gasteiger partial charge in [0.15, 0.2) is 0 Å². The van der Waals surface area contributed by atoms with E-state index in [0.717, 1.165) is 16.1 Å². The van der Waals surface area contributed by atoms with Crippen LogP contribution in [0, 0.1) is 0 Å². The molecule has 1 aromatic heterocycles. The maximum Gasteiger partial charge on any atom is 0.123 e. The number of nitrogens with two attached hydrogens (primary N) is 1. The SMILES string of the molecule is CC.COCC(c1ccc(-c2nccs2)cc1)C(N)CF. The van der Waals surface area contributed by atoms with Crippen molar-refractivity contribution in [2.45, 2.75) is 25.8 Å². The lowest BCUT2D eigenvalue weighted by atomic mass is 9.92. The molecule has 2 aromatic rings. The van der Waals surface area contributed by atoms with Crippen molar-refractivity contribution in [2.24, 2.45) is 5.73 Å². The highest BCUT2D eigenvalue weighted by Crippen LogP contribution is 2.25. The summed E-state index contributed by atoms with van der Waals surface area (Å²) < 4.78 is 17.9. The highest BCUT2D eigenvalue weighted by Gasteiger charge is 2.19. The van der Waals surface area contributed by atoms with Gasteiger partial charge in [0.05, 0.1) is 6.61 Å². The van der Waals surface area contributed by atoms with Gasteiger partial charge >= 0.3 is 0 Å². The molecule has 2 N–H and O–H groups in total. The van der Waals surface area contributed by atoms with E-state index in [1.165, 1.54) is 0 Å². The monoisotopic (exact) mass is 310 g/mol. The molecule has 2 atom stereocenters. The van der Waals surface area contributed by atoms with E-state index < -0.39 is 12.7 Å². The third-order valence-electron chi connectivity index (χ3n) is 3.06. The predicted octanol–water partition coefficient (Wildman–Crippen LogP) is 3.86. The second kappa shape index (κ2) is 9.60. The average molecular weight is 310 g/mol. The van der Waals surface area contributed by atoms with E-state index in [1.807, 2.05) is 43.5 Å². The number of methoxy groups -OCH3 is 1. The molecule has 0 aliphatic carbocycles. The summed E-state index contributed by atoms with van der Waals surface area (Å²) in [5.74, 6) is -0.125. The van der Waals surface area contributed by atoms with E-state index in [1.54, 1.807) is 24.6 Å². The molecule has 0 radical (unpaired) electrons. The largest absolute Gasteiger partial charge is 0.384 e. The van der Waals surface area contributed by atoms with Crippen molar-refractivity contribution >= 4 is 11.3 Å². The van der Waals surface area contributed by atoms with Gasteiger partial charge in [-0.15, -0.1) is 11.3 Å². The van der Waals surface area contributed by atoms with E-state index in [2.05, 4.69) is 4.98 Å². The number of nitrogens with zero attached hydrogens (tertiary/aromatic N) is 1. The Balaban J connectivity index is 0.00000106. The van der Waals surface area contributed by atoms with Crippen molar-refractivity contribution in [3.05, 3.63) is 41.4 Å². The van der Waals surface area contributed by atoms with Gasteiger partial charge in [-0.05, 0) is 5.56 Å². The highest BCUT2D eigenvalue weighted by atomic mass is 32.1. The number of thiazole rings is 1. The molecule has 0 fully saturated rings. The van der Waals surface area contributed by atoms with Crippen LogP contribution in [0.2, 0.25) is 0 Å². The molecular weight excluding hydrogens is 287 g/mol.